The first kappa shape index (κ1) is 24.3. The highest BCUT2D eigenvalue weighted by molar-refractivity contribution is 6.30. The van der Waals surface area contributed by atoms with E-state index in [0.29, 0.717) is 6.08 Å². The third-order valence-corrected chi connectivity index (χ3v) is 5.41. The number of hydrogen-bond acceptors (Lipinski definition) is 4. The molecule has 1 fully saturated rings. The minimum Gasteiger partial charge on any atom is -0.493 e. The smallest absolute Gasteiger partial charge is 0.426 e. The molecule has 11 heteroatoms. The molecule has 30 heavy (non-hydrogen) atoms. The van der Waals surface area contributed by atoms with Crippen LogP contribution in [0, 0.1) is 34.7 Å². The van der Waals surface area contributed by atoms with Crippen LogP contribution in [0.1, 0.15) is 25.0 Å². The van der Waals surface area contributed by atoms with Crippen LogP contribution < -0.4 is 4.74 Å². The molecule has 0 aliphatic heterocycles. The van der Waals surface area contributed by atoms with Crippen molar-refractivity contribution in [1.29, 1.82) is 0 Å². The van der Waals surface area contributed by atoms with E-state index in [0.717, 1.165) is 14.2 Å². The van der Waals surface area contributed by atoms with Crippen molar-refractivity contribution < 1.29 is 45.3 Å². The second kappa shape index (κ2) is 8.66. The van der Waals surface area contributed by atoms with E-state index in [2.05, 4.69) is 4.74 Å². The Morgan fingerprint density at radius 1 is 1.07 bits per heavy atom. The fourth-order valence-electron chi connectivity index (χ4n) is 3.27. The molecule has 0 bridgehead atoms. The molecular formula is C19H19ClF6O4. The normalized spacial score (nSPS) is 20.8. The molecule has 1 aliphatic carbocycles. The van der Waals surface area contributed by atoms with Crippen molar-refractivity contribution in [3.05, 3.63) is 39.7 Å². The third-order valence-electron chi connectivity index (χ3n) is 5.07. The summed E-state index contributed by atoms with van der Waals surface area (Å²) < 4.78 is 95.2. The van der Waals surface area contributed by atoms with Gasteiger partial charge in [0, 0.05) is 7.11 Å². The van der Waals surface area contributed by atoms with Crippen LogP contribution in [0.15, 0.2) is 11.1 Å². The van der Waals surface area contributed by atoms with Gasteiger partial charge in [-0.05, 0) is 11.3 Å². The Bertz CT molecular complexity index is 866. The first-order valence-electron chi connectivity index (χ1n) is 8.61. The van der Waals surface area contributed by atoms with E-state index in [4.69, 9.17) is 21.1 Å². The zero-order valence-corrected chi connectivity index (χ0v) is 17.2. The number of rotatable bonds is 7. The number of esters is 1. The van der Waals surface area contributed by atoms with Gasteiger partial charge in [0.15, 0.2) is 23.2 Å². The van der Waals surface area contributed by atoms with Crippen LogP contribution in [-0.4, -0.2) is 26.4 Å². The van der Waals surface area contributed by atoms with Crippen LogP contribution in [0.4, 0.5) is 26.3 Å². The minimum absolute atomic E-state index is 0.560. The van der Waals surface area contributed by atoms with Crippen molar-refractivity contribution in [3.8, 4) is 5.75 Å². The van der Waals surface area contributed by atoms with Gasteiger partial charge in [-0.2, -0.15) is 13.2 Å². The fourth-order valence-corrected chi connectivity index (χ4v) is 3.40. The van der Waals surface area contributed by atoms with E-state index in [1.807, 2.05) is 0 Å². The summed E-state index contributed by atoms with van der Waals surface area (Å²) in [5.41, 5.74) is -2.28. The lowest BCUT2D eigenvalue weighted by atomic mass is 10.1. The molecule has 1 aromatic carbocycles. The predicted octanol–water partition coefficient (Wildman–Crippen LogP) is 5.26. The van der Waals surface area contributed by atoms with Crippen LogP contribution in [-0.2, 0) is 27.5 Å². The molecule has 2 atom stereocenters. The monoisotopic (exact) mass is 460 g/mol. The molecule has 0 aromatic heterocycles. The van der Waals surface area contributed by atoms with Crippen molar-refractivity contribution in [2.45, 2.75) is 33.2 Å². The molecule has 2 rings (SSSR count). The molecule has 1 saturated carbocycles. The maximum Gasteiger partial charge on any atom is 0.426 e. The van der Waals surface area contributed by atoms with Gasteiger partial charge in [-0.15, -0.1) is 0 Å². The first-order valence-corrected chi connectivity index (χ1v) is 8.99. The molecule has 168 valence electrons. The Morgan fingerprint density at radius 3 is 2.13 bits per heavy atom. The highest BCUT2D eigenvalue weighted by Gasteiger charge is 2.62. The van der Waals surface area contributed by atoms with E-state index < -0.39 is 82.0 Å². The Morgan fingerprint density at radius 2 is 1.63 bits per heavy atom. The quantitative estimate of drug-likeness (QED) is 0.316. The maximum atomic E-state index is 14.4. The van der Waals surface area contributed by atoms with Gasteiger partial charge in [0.1, 0.15) is 11.6 Å². The number of alkyl halides is 3. The number of hydrogen-bond donors (Lipinski definition) is 0. The van der Waals surface area contributed by atoms with Gasteiger partial charge < -0.3 is 14.2 Å². The average molecular weight is 461 g/mol. The number of benzene rings is 1. The molecular weight excluding hydrogens is 442 g/mol. The molecule has 0 radical (unpaired) electrons. The Kier molecular flexibility index (Phi) is 7.03. The van der Waals surface area contributed by atoms with Crippen LogP contribution in [0.25, 0.3) is 0 Å². The molecule has 1 aliphatic rings. The largest absolute Gasteiger partial charge is 0.493 e. The molecule has 0 N–H and O–H groups in total. The van der Waals surface area contributed by atoms with E-state index in [1.54, 1.807) is 0 Å². The fraction of sp³-hybridized carbons (Fsp3) is 0.526. The molecule has 0 saturated heterocycles. The topological polar surface area (TPSA) is 44.8 Å². The van der Waals surface area contributed by atoms with Gasteiger partial charge in [-0.3, -0.25) is 4.79 Å². The standard InChI is InChI=1S/C19H19ClF6O4/c1-18(2)10(5-11(20)19(24,25)26)12(18)17(27)30-7-9-14(22)13(21)8(6-28-3)15(23)16(9)29-4/h5,10,12H,6-7H2,1-4H3. The van der Waals surface area contributed by atoms with Gasteiger partial charge in [-0.1, -0.05) is 31.5 Å². The van der Waals surface area contributed by atoms with E-state index >= 15 is 0 Å². The van der Waals surface area contributed by atoms with Crippen LogP contribution in [0.3, 0.4) is 0 Å². The third kappa shape index (κ3) is 4.54. The summed E-state index contributed by atoms with van der Waals surface area (Å²) in [5.74, 6) is -7.72. The first-order chi connectivity index (χ1) is 13.8. The number of ether oxygens (including phenoxy) is 3. The summed E-state index contributed by atoms with van der Waals surface area (Å²) in [6.45, 7) is 1.61. The summed E-state index contributed by atoms with van der Waals surface area (Å²) in [7, 11) is 2.17. The molecule has 4 nitrogen and oxygen atoms in total. The molecule has 0 amide bonds. The van der Waals surface area contributed by atoms with Crippen LogP contribution in [0.5, 0.6) is 5.75 Å². The lowest BCUT2D eigenvalue weighted by molar-refractivity contribution is -0.147. The lowest BCUT2D eigenvalue weighted by Gasteiger charge is -2.15. The van der Waals surface area contributed by atoms with Gasteiger partial charge in [-0.25, -0.2) is 13.2 Å². The van der Waals surface area contributed by atoms with E-state index in [-0.39, 0.29) is 0 Å². The predicted molar refractivity (Wildman–Crippen MR) is 94.1 cm³/mol. The van der Waals surface area contributed by atoms with Crippen molar-refractivity contribution in [2.75, 3.05) is 14.2 Å². The number of halogens is 7. The highest BCUT2D eigenvalue weighted by atomic mass is 35.5. The van der Waals surface area contributed by atoms with E-state index in [1.165, 1.54) is 13.8 Å². The maximum absolute atomic E-state index is 14.4. The van der Waals surface area contributed by atoms with Crippen molar-refractivity contribution in [3.63, 3.8) is 0 Å². The van der Waals surface area contributed by atoms with Gasteiger partial charge >= 0.3 is 12.1 Å². The summed E-state index contributed by atoms with van der Waals surface area (Å²) >= 11 is 5.22. The Labute approximate surface area is 173 Å². The highest BCUT2D eigenvalue weighted by Crippen LogP contribution is 2.60. The summed E-state index contributed by atoms with van der Waals surface area (Å²) in [6.07, 6.45) is -4.04. The summed E-state index contributed by atoms with van der Waals surface area (Å²) in [4.78, 5) is 12.3. The number of carbonyl (C=O) groups is 1. The Hall–Kier alpha value is -1.94. The Balaban J connectivity index is 2.23. The zero-order valence-electron chi connectivity index (χ0n) is 16.4. The number of methoxy groups -OCH3 is 2. The number of carbonyl (C=O) groups excluding carboxylic acids is 1. The average Bonchev–Trinajstić information content (AvgIpc) is 3.19. The molecule has 0 heterocycles. The van der Waals surface area contributed by atoms with E-state index in [9.17, 15) is 31.1 Å². The van der Waals surface area contributed by atoms with Crippen LogP contribution in [0.2, 0.25) is 0 Å². The van der Waals surface area contributed by atoms with Crippen LogP contribution >= 0.6 is 11.6 Å². The molecule has 2 unspecified atom stereocenters. The SMILES string of the molecule is COCc1c(F)c(F)c(COC(=O)C2C(C=C(Cl)C(F)(F)F)C2(C)C)c(OC)c1F. The second-order valence-corrected chi connectivity index (χ2v) is 7.72. The lowest BCUT2D eigenvalue weighted by Crippen LogP contribution is -2.14. The van der Waals surface area contributed by atoms with Crippen molar-refractivity contribution in [2.24, 2.45) is 17.3 Å². The van der Waals surface area contributed by atoms with Gasteiger partial charge in [0.05, 0.1) is 30.8 Å². The number of allylic oxidation sites excluding steroid dienone is 2. The summed E-state index contributed by atoms with van der Waals surface area (Å²) in [5, 5.41) is -1.37. The second-order valence-electron chi connectivity index (χ2n) is 7.31. The van der Waals surface area contributed by atoms with Crippen molar-refractivity contribution >= 4 is 17.6 Å². The minimum atomic E-state index is -4.76. The van der Waals surface area contributed by atoms with Gasteiger partial charge in [0.25, 0.3) is 0 Å². The molecule has 1 aromatic rings. The van der Waals surface area contributed by atoms with Crippen molar-refractivity contribution in [1.82, 2.24) is 0 Å². The summed E-state index contributed by atoms with van der Waals surface area (Å²) in [6, 6.07) is 0. The zero-order chi connectivity index (χ0) is 23.0. The molecule has 0 spiro atoms. The van der Waals surface area contributed by atoms with Gasteiger partial charge in [0.2, 0.25) is 0 Å².